The number of amides is 1. The Hall–Kier alpha value is -1.56. The van der Waals surface area contributed by atoms with E-state index in [1.54, 1.807) is 24.0 Å². The molecule has 1 aliphatic rings. The van der Waals surface area contributed by atoms with Crippen molar-refractivity contribution in [3.8, 4) is 5.75 Å². The fourth-order valence-electron chi connectivity index (χ4n) is 2.62. The molecule has 1 fully saturated rings. The molecule has 5 nitrogen and oxygen atoms in total. The number of benzene rings is 1. The molecule has 22 heavy (non-hydrogen) atoms. The normalized spacial score (nSPS) is 23.0. The fraction of sp³-hybridized carbons (Fsp3) is 0.500. The average Bonchev–Trinajstić information content (AvgIpc) is 2.49. The lowest BCUT2D eigenvalue weighted by Gasteiger charge is -2.37. The number of nitrogens with zero attached hydrogens (tertiary/aromatic N) is 1. The summed E-state index contributed by atoms with van der Waals surface area (Å²) in [4.78, 5) is 25.3. The fourth-order valence-corrected chi connectivity index (χ4v) is 2.88. The first-order valence-electron chi connectivity index (χ1n) is 7.34. The molecule has 1 aliphatic heterocycles. The van der Waals surface area contributed by atoms with Crippen LogP contribution in [-0.4, -0.2) is 40.6 Å². The van der Waals surface area contributed by atoms with E-state index < -0.39 is 18.0 Å². The van der Waals surface area contributed by atoms with Crippen LogP contribution in [0.4, 0.5) is 0 Å². The molecule has 0 aromatic heterocycles. The summed E-state index contributed by atoms with van der Waals surface area (Å²) in [6.07, 6.45) is 0.673. The molecule has 1 aromatic rings. The molecule has 1 N–H and O–H groups in total. The Balaban J connectivity index is 2.02. The summed E-state index contributed by atoms with van der Waals surface area (Å²) in [5.74, 6) is -0.879. The Morgan fingerprint density at radius 1 is 1.32 bits per heavy atom. The third kappa shape index (κ3) is 4.00. The molecule has 0 spiro atoms. The summed E-state index contributed by atoms with van der Waals surface area (Å²) in [5.41, 5.74) is 0. The SMILES string of the molecule is CC(Oc1ccc(Br)cc1)C(=O)N1CC(C(=O)O)CCC1C. The molecule has 120 valence electrons. The van der Waals surface area contributed by atoms with Gasteiger partial charge in [-0.2, -0.15) is 0 Å². The first-order chi connectivity index (χ1) is 10.4. The maximum atomic E-state index is 12.5. The highest BCUT2D eigenvalue weighted by Crippen LogP contribution is 2.24. The number of hydrogen-bond donors (Lipinski definition) is 1. The van der Waals surface area contributed by atoms with Gasteiger partial charge in [0.15, 0.2) is 6.10 Å². The average molecular weight is 370 g/mol. The molecule has 0 bridgehead atoms. The Morgan fingerprint density at radius 3 is 2.55 bits per heavy atom. The van der Waals surface area contributed by atoms with Crippen LogP contribution in [0.3, 0.4) is 0 Å². The van der Waals surface area contributed by atoms with Gasteiger partial charge in [0.2, 0.25) is 0 Å². The van der Waals surface area contributed by atoms with Crippen molar-refractivity contribution < 1.29 is 19.4 Å². The smallest absolute Gasteiger partial charge is 0.308 e. The van der Waals surface area contributed by atoms with E-state index in [1.165, 1.54) is 0 Å². The molecular weight excluding hydrogens is 350 g/mol. The summed E-state index contributed by atoms with van der Waals surface area (Å²) < 4.78 is 6.61. The van der Waals surface area contributed by atoms with Crippen molar-refractivity contribution >= 4 is 27.8 Å². The summed E-state index contributed by atoms with van der Waals surface area (Å²) in [6.45, 7) is 3.90. The van der Waals surface area contributed by atoms with Crippen LogP contribution in [0.15, 0.2) is 28.7 Å². The molecule has 1 saturated heterocycles. The number of carboxylic acids is 1. The van der Waals surface area contributed by atoms with E-state index in [-0.39, 0.29) is 18.5 Å². The lowest BCUT2D eigenvalue weighted by Crippen LogP contribution is -2.51. The van der Waals surface area contributed by atoms with E-state index in [9.17, 15) is 9.59 Å². The van der Waals surface area contributed by atoms with Gasteiger partial charge in [-0.25, -0.2) is 0 Å². The molecule has 1 amide bonds. The van der Waals surface area contributed by atoms with Gasteiger partial charge in [-0.3, -0.25) is 9.59 Å². The van der Waals surface area contributed by atoms with Crippen molar-refractivity contribution in [1.82, 2.24) is 4.90 Å². The molecule has 0 aliphatic carbocycles. The van der Waals surface area contributed by atoms with E-state index in [2.05, 4.69) is 15.9 Å². The van der Waals surface area contributed by atoms with Crippen molar-refractivity contribution in [2.24, 2.45) is 5.92 Å². The van der Waals surface area contributed by atoms with E-state index in [1.807, 2.05) is 19.1 Å². The number of ether oxygens (including phenoxy) is 1. The number of hydrogen-bond acceptors (Lipinski definition) is 3. The minimum absolute atomic E-state index is 0.0408. The minimum atomic E-state index is -0.841. The van der Waals surface area contributed by atoms with Gasteiger partial charge < -0.3 is 14.7 Å². The van der Waals surface area contributed by atoms with Crippen molar-refractivity contribution in [2.75, 3.05) is 6.54 Å². The lowest BCUT2D eigenvalue weighted by atomic mass is 9.93. The van der Waals surface area contributed by atoms with Gasteiger partial charge in [0.25, 0.3) is 5.91 Å². The quantitative estimate of drug-likeness (QED) is 0.885. The van der Waals surface area contributed by atoms with Crippen molar-refractivity contribution in [2.45, 2.75) is 38.8 Å². The molecule has 1 aromatic carbocycles. The van der Waals surface area contributed by atoms with E-state index in [0.717, 1.165) is 4.47 Å². The number of rotatable bonds is 4. The Labute approximate surface area is 138 Å². The highest BCUT2D eigenvalue weighted by molar-refractivity contribution is 9.10. The number of carbonyl (C=O) groups excluding carboxylic acids is 1. The summed E-state index contributed by atoms with van der Waals surface area (Å²) in [7, 11) is 0. The largest absolute Gasteiger partial charge is 0.481 e. The first kappa shape index (κ1) is 16.8. The summed E-state index contributed by atoms with van der Waals surface area (Å²) in [5, 5.41) is 9.15. The number of halogens is 1. The molecule has 3 atom stereocenters. The van der Waals surface area contributed by atoms with Crippen LogP contribution in [0.5, 0.6) is 5.75 Å². The van der Waals surface area contributed by atoms with Crippen molar-refractivity contribution in [1.29, 1.82) is 0 Å². The zero-order valence-corrected chi connectivity index (χ0v) is 14.2. The molecular formula is C16H20BrNO4. The molecule has 2 rings (SSSR count). The second-order valence-corrected chi connectivity index (χ2v) is 6.58. The van der Waals surface area contributed by atoms with Gasteiger partial charge in [0.05, 0.1) is 5.92 Å². The van der Waals surface area contributed by atoms with Gasteiger partial charge in [-0.15, -0.1) is 0 Å². The second-order valence-electron chi connectivity index (χ2n) is 5.67. The number of likely N-dealkylation sites (tertiary alicyclic amines) is 1. The molecule has 1 heterocycles. The van der Waals surface area contributed by atoms with Gasteiger partial charge in [0, 0.05) is 17.1 Å². The number of carboxylic acid groups (broad SMARTS) is 1. The molecule has 0 saturated carbocycles. The maximum Gasteiger partial charge on any atom is 0.308 e. The molecule has 6 heteroatoms. The van der Waals surface area contributed by atoms with E-state index >= 15 is 0 Å². The van der Waals surface area contributed by atoms with Crippen LogP contribution in [0.1, 0.15) is 26.7 Å². The monoisotopic (exact) mass is 369 g/mol. The van der Waals surface area contributed by atoms with Crippen LogP contribution >= 0.6 is 15.9 Å². The summed E-state index contributed by atoms with van der Waals surface area (Å²) in [6, 6.07) is 7.30. The van der Waals surface area contributed by atoms with Crippen molar-refractivity contribution in [3.05, 3.63) is 28.7 Å². The summed E-state index contributed by atoms with van der Waals surface area (Å²) >= 11 is 3.34. The zero-order chi connectivity index (χ0) is 16.3. The predicted molar refractivity (Wildman–Crippen MR) is 85.8 cm³/mol. The van der Waals surface area contributed by atoms with Crippen LogP contribution in [-0.2, 0) is 9.59 Å². The highest BCUT2D eigenvalue weighted by atomic mass is 79.9. The number of piperidine rings is 1. The minimum Gasteiger partial charge on any atom is -0.481 e. The first-order valence-corrected chi connectivity index (χ1v) is 8.13. The number of carbonyl (C=O) groups is 2. The third-order valence-corrected chi connectivity index (χ3v) is 4.52. The topological polar surface area (TPSA) is 66.8 Å². The molecule has 3 unspecified atom stereocenters. The highest BCUT2D eigenvalue weighted by Gasteiger charge is 2.34. The zero-order valence-electron chi connectivity index (χ0n) is 12.7. The van der Waals surface area contributed by atoms with Gasteiger partial charge in [-0.05, 0) is 51.0 Å². The predicted octanol–water partition coefficient (Wildman–Crippen LogP) is 2.93. The van der Waals surface area contributed by atoms with E-state index in [0.29, 0.717) is 18.6 Å². The Bertz CT molecular complexity index is 546. The van der Waals surface area contributed by atoms with Crippen LogP contribution in [0, 0.1) is 5.92 Å². The second kappa shape index (κ2) is 7.13. The molecule has 0 radical (unpaired) electrons. The standard InChI is InChI=1S/C16H20BrNO4/c1-10-3-4-12(16(20)21)9-18(10)15(19)11(2)22-14-7-5-13(17)6-8-14/h5-8,10-12H,3-4,9H2,1-2H3,(H,20,21). The van der Waals surface area contributed by atoms with Crippen LogP contribution in [0.25, 0.3) is 0 Å². The van der Waals surface area contributed by atoms with Crippen LogP contribution < -0.4 is 4.74 Å². The van der Waals surface area contributed by atoms with E-state index in [4.69, 9.17) is 9.84 Å². The lowest BCUT2D eigenvalue weighted by molar-refractivity contribution is -0.149. The maximum absolute atomic E-state index is 12.5. The third-order valence-electron chi connectivity index (χ3n) is 3.99. The van der Waals surface area contributed by atoms with Gasteiger partial charge in [-0.1, -0.05) is 15.9 Å². The van der Waals surface area contributed by atoms with Crippen LogP contribution in [0.2, 0.25) is 0 Å². The Morgan fingerprint density at radius 2 is 1.95 bits per heavy atom. The Kier molecular flexibility index (Phi) is 5.45. The van der Waals surface area contributed by atoms with Gasteiger partial charge >= 0.3 is 5.97 Å². The van der Waals surface area contributed by atoms with Crippen molar-refractivity contribution in [3.63, 3.8) is 0 Å². The van der Waals surface area contributed by atoms with Gasteiger partial charge in [0.1, 0.15) is 5.75 Å². The number of aliphatic carboxylic acids is 1.